The van der Waals surface area contributed by atoms with E-state index < -0.39 is 10.0 Å². The zero-order valence-electron chi connectivity index (χ0n) is 7.90. The molecule has 0 aliphatic rings. The SMILES string of the molecule is Cc1cc(C#N)cc(C)c1S(N)(=O)=O. The highest BCUT2D eigenvalue weighted by molar-refractivity contribution is 7.89. The van der Waals surface area contributed by atoms with Crippen LogP contribution in [0, 0.1) is 25.2 Å². The lowest BCUT2D eigenvalue weighted by Gasteiger charge is -2.07. The number of sulfonamides is 1. The summed E-state index contributed by atoms with van der Waals surface area (Å²) in [6, 6.07) is 4.97. The number of hydrogen-bond acceptors (Lipinski definition) is 3. The van der Waals surface area contributed by atoms with Crippen LogP contribution in [0.25, 0.3) is 0 Å². The summed E-state index contributed by atoms with van der Waals surface area (Å²) >= 11 is 0. The fourth-order valence-electron chi connectivity index (χ4n) is 1.46. The third-order valence-electron chi connectivity index (χ3n) is 1.87. The van der Waals surface area contributed by atoms with E-state index in [0.717, 1.165) is 0 Å². The lowest BCUT2D eigenvalue weighted by molar-refractivity contribution is 0.596. The summed E-state index contributed by atoms with van der Waals surface area (Å²) < 4.78 is 22.3. The van der Waals surface area contributed by atoms with Crippen LogP contribution in [0.15, 0.2) is 17.0 Å². The zero-order chi connectivity index (χ0) is 10.9. The maximum atomic E-state index is 11.2. The average Bonchev–Trinajstić information content (AvgIpc) is 1.99. The van der Waals surface area contributed by atoms with Crippen molar-refractivity contribution in [2.45, 2.75) is 18.7 Å². The predicted molar refractivity (Wildman–Crippen MR) is 52.0 cm³/mol. The van der Waals surface area contributed by atoms with Crippen molar-refractivity contribution in [3.8, 4) is 6.07 Å². The van der Waals surface area contributed by atoms with E-state index in [0.29, 0.717) is 16.7 Å². The molecule has 0 amide bonds. The van der Waals surface area contributed by atoms with Gasteiger partial charge in [0.25, 0.3) is 0 Å². The van der Waals surface area contributed by atoms with Gasteiger partial charge in [0.1, 0.15) is 0 Å². The fraction of sp³-hybridized carbons (Fsp3) is 0.222. The van der Waals surface area contributed by atoms with E-state index in [1.54, 1.807) is 13.8 Å². The lowest BCUT2D eigenvalue weighted by Crippen LogP contribution is -2.15. The van der Waals surface area contributed by atoms with Gasteiger partial charge in [-0.3, -0.25) is 0 Å². The van der Waals surface area contributed by atoms with Gasteiger partial charge in [-0.25, -0.2) is 13.6 Å². The van der Waals surface area contributed by atoms with Gasteiger partial charge in [0, 0.05) is 0 Å². The van der Waals surface area contributed by atoms with Gasteiger partial charge in [-0.05, 0) is 37.1 Å². The van der Waals surface area contributed by atoms with E-state index >= 15 is 0 Å². The molecule has 0 heterocycles. The molecule has 0 saturated carbocycles. The van der Waals surface area contributed by atoms with Gasteiger partial charge in [-0.15, -0.1) is 0 Å². The molecule has 0 unspecified atom stereocenters. The van der Waals surface area contributed by atoms with Crippen molar-refractivity contribution in [3.05, 3.63) is 28.8 Å². The van der Waals surface area contributed by atoms with E-state index in [-0.39, 0.29) is 4.90 Å². The van der Waals surface area contributed by atoms with Crippen LogP contribution >= 0.6 is 0 Å². The minimum atomic E-state index is -3.70. The summed E-state index contributed by atoms with van der Waals surface area (Å²) in [5.41, 5.74) is 1.44. The smallest absolute Gasteiger partial charge is 0.225 e. The molecular formula is C9H10N2O2S. The minimum absolute atomic E-state index is 0.108. The Hall–Kier alpha value is -1.38. The van der Waals surface area contributed by atoms with Crippen LogP contribution < -0.4 is 5.14 Å². The van der Waals surface area contributed by atoms with Crippen molar-refractivity contribution in [2.24, 2.45) is 5.14 Å². The Balaban J connectivity index is 3.59. The molecule has 14 heavy (non-hydrogen) atoms. The van der Waals surface area contributed by atoms with Gasteiger partial charge in [0.15, 0.2) is 0 Å². The lowest BCUT2D eigenvalue weighted by atomic mass is 10.1. The summed E-state index contributed by atoms with van der Waals surface area (Å²) in [7, 11) is -3.70. The molecule has 0 aliphatic heterocycles. The summed E-state index contributed by atoms with van der Waals surface area (Å²) in [4.78, 5) is 0.108. The summed E-state index contributed by atoms with van der Waals surface area (Å²) in [6.07, 6.45) is 0. The number of nitrogens with two attached hydrogens (primary N) is 1. The Morgan fingerprint density at radius 2 is 1.71 bits per heavy atom. The normalized spacial score (nSPS) is 11.0. The van der Waals surface area contributed by atoms with Gasteiger partial charge >= 0.3 is 0 Å². The quantitative estimate of drug-likeness (QED) is 0.744. The van der Waals surface area contributed by atoms with Gasteiger partial charge in [0.2, 0.25) is 10.0 Å². The standard InChI is InChI=1S/C9H10N2O2S/c1-6-3-8(5-10)4-7(2)9(6)14(11,12)13/h3-4H,1-2H3,(H2,11,12,13). The van der Waals surface area contributed by atoms with Crippen LogP contribution in [0.5, 0.6) is 0 Å². The molecule has 0 radical (unpaired) electrons. The molecular weight excluding hydrogens is 200 g/mol. The van der Waals surface area contributed by atoms with Crippen LogP contribution in [-0.2, 0) is 10.0 Å². The summed E-state index contributed by atoms with van der Waals surface area (Å²) in [6.45, 7) is 3.24. The number of rotatable bonds is 1. The third kappa shape index (κ3) is 1.92. The number of nitrogens with zero attached hydrogens (tertiary/aromatic N) is 1. The maximum Gasteiger partial charge on any atom is 0.238 e. The average molecular weight is 210 g/mol. The Morgan fingerprint density at radius 3 is 2.00 bits per heavy atom. The molecule has 4 nitrogen and oxygen atoms in total. The highest BCUT2D eigenvalue weighted by atomic mass is 32.2. The van der Waals surface area contributed by atoms with Gasteiger partial charge in [0.05, 0.1) is 16.5 Å². The number of nitriles is 1. The highest BCUT2D eigenvalue weighted by Gasteiger charge is 2.15. The number of aryl methyl sites for hydroxylation is 2. The topological polar surface area (TPSA) is 83.9 Å². The Bertz CT molecular complexity index is 489. The van der Waals surface area contributed by atoms with E-state index in [1.807, 2.05) is 6.07 Å². The molecule has 5 heteroatoms. The second-order valence-corrected chi connectivity index (χ2v) is 4.59. The molecule has 0 atom stereocenters. The Labute approximate surface area is 83.0 Å². The van der Waals surface area contributed by atoms with E-state index in [9.17, 15) is 8.42 Å². The predicted octanol–water partition coefficient (Wildman–Crippen LogP) is 0.823. The fourth-order valence-corrected chi connectivity index (χ4v) is 2.48. The van der Waals surface area contributed by atoms with Crippen molar-refractivity contribution < 1.29 is 8.42 Å². The first-order valence-electron chi connectivity index (χ1n) is 3.90. The number of benzene rings is 1. The molecule has 0 aromatic heterocycles. The molecule has 0 aliphatic carbocycles. The molecule has 1 aromatic rings. The minimum Gasteiger partial charge on any atom is -0.225 e. The molecule has 1 aromatic carbocycles. The van der Waals surface area contributed by atoms with E-state index in [2.05, 4.69) is 0 Å². The van der Waals surface area contributed by atoms with Crippen molar-refractivity contribution in [2.75, 3.05) is 0 Å². The largest absolute Gasteiger partial charge is 0.238 e. The molecule has 0 bridgehead atoms. The zero-order valence-corrected chi connectivity index (χ0v) is 8.72. The number of hydrogen-bond donors (Lipinski definition) is 1. The van der Waals surface area contributed by atoms with Gasteiger partial charge in [-0.2, -0.15) is 5.26 Å². The first-order chi connectivity index (χ1) is 6.36. The first-order valence-corrected chi connectivity index (χ1v) is 5.45. The molecule has 0 spiro atoms. The van der Waals surface area contributed by atoms with Crippen molar-refractivity contribution in [1.82, 2.24) is 0 Å². The third-order valence-corrected chi connectivity index (χ3v) is 3.09. The Morgan fingerprint density at radius 1 is 1.29 bits per heavy atom. The molecule has 0 fully saturated rings. The van der Waals surface area contributed by atoms with Crippen LogP contribution in [0.2, 0.25) is 0 Å². The van der Waals surface area contributed by atoms with E-state index in [1.165, 1.54) is 12.1 Å². The van der Waals surface area contributed by atoms with E-state index in [4.69, 9.17) is 10.4 Å². The second-order valence-electron chi connectivity index (χ2n) is 3.10. The van der Waals surface area contributed by atoms with Crippen molar-refractivity contribution in [1.29, 1.82) is 5.26 Å². The van der Waals surface area contributed by atoms with Crippen molar-refractivity contribution >= 4 is 10.0 Å². The highest BCUT2D eigenvalue weighted by Crippen LogP contribution is 2.19. The van der Waals surface area contributed by atoms with Gasteiger partial charge in [-0.1, -0.05) is 0 Å². The maximum absolute atomic E-state index is 11.2. The summed E-state index contributed by atoms with van der Waals surface area (Å²) in [5.74, 6) is 0. The van der Waals surface area contributed by atoms with Crippen LogP contribution in [0.3, 0.4) is 0 Å². The molecule has 74 valence electrons. The molecule has 2 N–H and O–H groups in total. The molecule has 0 saturated heterocycles. The Kier molecular flexibility index (Phi) is 2.60. The molecule has 1 rings (SSSR count). The number of primary sulfonamides is 1. The monoisotopic (exact) mass is 210 g/mol. The van der Waals surface area contributed by atoms with Gasteiger partial charge < -0.3 is 0 Å². The van der Waals surface area contributed by atoms with Crippen LogP contribution in [0.1, 0.15) is 16.7 Å². The van der Waals surface area contributed by atoms with Crippen molar-refractivity contribution in [3.63, 3.8) is 0 Å². The van der Waals surface area contributed by atoms with Crippen LogP contribution in [-0.4, -0.2) is 8.42 Å². The van der Waals surface area contributed by atoms with Crippen LogP contribution in [0.4, 0.5) is 0 Å². The second kappa shape index (κ2) is 3.40. The summed E-state index contributed by atoms with van der Waals surface area (Å²) in [5, 5.41) is 13.7. The first kappa shape index (κ1) is 10.7.